The molecule has 8 nitrogen and oxygen atoms in total. The van der Waals surface area contributed by atoms with Crippen molar-refractivity contribution in [1.82, 2.24) is 19.7 Å². The van der Waals surface area contributed by atoms with Crippen LogP contribution in [0.1, 0.15) is 16.1 Å². The highest BCUT2D eigenvalue weighted by atomic mass is 32.2. The van der Waals surface area contributed by atoms with E-state index in [1.807, 2.05) is 0 Å². The minimum Gasteiger partial charge on any atom is -0.321 e. The monoisotopic (exact) mass is 369 g/mol. The third-order valence-corrected chi connectivity index (χ3v) is 4.82. The Morgan fingerprint density at radius 1 is 0.962 bits per heavy atom. The summed E-state index contributed by atoms with van der Waals surface area (Å²) in [6.45, 7) is 0.140. The molecule has 132 valence electrons. The first-order valence-corrected chi connectivity index (χ1v) is 9.09. The van der Waals surface area contributed by atoms with Crippen molar-refractivity contribution < 1.29 is 13.2 Å². The maximum Gasteiger partial charge on any atom is 0.275 e. The van der Waals surface area contributed by atoms with Crippen molar-refractivity contribution in [3.63, 3.8) is 0 Å². The van der Waals surface area contributed by atoms with Gasteiger partial charge in [0.15, 0.2) is 0 Å². The Morgan fingerprint density at radius 2 is 1.73 bits per heavy atom. The van der Waals surface area contributed by atoms with Crippen LogP contribution < -0.4 is 10.0 Å². The summed E-state index contributed by atoms with van der Waals surface area (Å²) in [5.41, 5.74) is 1.37. The van der Waals surface area contributed by atoms with Crippen molar-refractivity contribution in [3.05, 3.63) is 78.6 Å². The summed E-state index contributed by atoms with van der Waals surface area (Å²) in [5.74, 6) is -0.427. The third-order valence-electron chi connectivity index (χ3n) is 3.41. The number of hydrogen-bond acceptors (Lipinski definition) is 6. The maximum atomic E-state index is 12.3. The zero-order valence-electron chi connectivity index (χ0n) is 13.5. The van der Waals surface area contributed by atoms with E-state index >= 15 is 0 Å². The Kier molecular flexibility index (Phi) is 5.30. The normalized spacial score (nSPS) is 11.1. The van der Waals surface area contributed by atoms with Crippen molar-refractivity contribution in [3.8, 4) is 0 Å². The molecule has 0 aliphatic rings. The van der Waals surface area contributed by atoms with Gasteiger partial charge in [0.05, 0.1) is 11.1 Å². The fourth-order valence-corrected chi connectivity index (χ4v) is 3.11. The van der Waals surface area contributed by atoms with Crippen LogP contribution in [0.15, 0.2) is 72.3 Å². The van der Waals surface area contributed by atoms with Gasteiger partial charge in [-0.25, -0.2) is 18.1 Å². The molecule has 1 amide bonds. The van der Waals surface area contributed by atoms with Crippen LogP contribution in [-0.2, 0) is 16.6 Å². The molecule has 0 spiro atoms. The second-order valence-electron chi connectivity index (χ2n) is 5.25. The number of aromatic nitrogens is 3. The highest BCUT2D eigenvalue weighted by molar-refractivity contribution is 7.89. The van der Waals surface area contributed by atoms with E-state index in [0.29, 0.717) is 5.69 Å². The second kappa shape index (κ2) is 7.81. The van der Waals surface area contributed by atoms with Crippen LogP contribution in [0.4, 0.5) is 5.69 Å². The third kappa shape index (κ3) is 4.47. The molecule has 2 aromatic heterocycles. The molecule has 0 aliphatic heterocycles. The lowest BCUT2D eigenvalue weighted by molar-refractivity contribution is 0.102. The van der Waals surface area contributed by atoms with Crippen molar-refractivity contribution in [2.24, 2.45) is 0 Å². The Hall–Kier alpha value is -3.17. The molecular formula is C17H15N5O3S. The summed E-state index contributed by atoms with van der Waals surface area (Å²) in [6, 6.07) is 9.36. The molecule has 0 saturated carbocycles. The van der Waals surface area contributed by atoms with Gasteiger partial charge in [0.1, 0.15) is 5.69 Å². The standard InChI is InChI=1S/C17H15N5O3S/c23-17(16-12-19-8-9-20-16)22-14-3-5-15(6-4-14)26(24,25)21-11-13-2-1-7-18-10-13/h1-10,12,21H,11H2,(H,22,23). The van der Waals surface area contributed by atoms with Crippen LogP contribution >= 0.6 is 0 Å². The summed E-state index contributed by atoms with van der Waals surface area (Å²) >= 11 is 0. The van der Waals surface area contributed by atoms with E-state index < -0.39 is 15.9 Å². The highest BCUT2D eigenvalue weighted by Gasteiger charge is 2.14. The van der Waals surface area contributed by atoms with Crippen LogP contribution in [0.5, 0.6) is 0 Å². The lowest BCUT2D eigenvalue weighted by Crippen LogP contribution is -2.23. The van der Waals surface area contributed by atoms with E-state index in [4.69, 9.17) is 0 Å². The number of hydrogen-bond donors (Lipinski definition) is 2. The Labute approximate surface area is 150 Å². The minimum atomic E-state index is -3.67. The lowest BCUT2D eigenvalue weighted by atomic mass is 10.3. The number of nitrogens with one attached hydrogen (secondary N) is 2. The SMILES string of the molecule is O=C(Nc1ccc(S(=O)(=O)NCc2cccnc2)cc1)c1cnccn1. The van der Waals surface area contributed by atoms with E-state index in [0.717, 1.165) is 5.56 Å². The largest absolute Gasteiger partial charge is 0.321 e. The first kappa shape index (κ1) is 17.6. The van der Waals surface area contributed by atoms with Gasteiger partial charge < -0.3 is 5.32 Å². The van der Waals surface area contributed by atoms with Gasteiger partial charge >= 0.3 is 0 Å². The fraction of sp³-hybridized carbons (Fsp3) is 0.0588. The van der Waals surface area contributed by atoms with Gasteiger partial charge in [0, 0.05) is 37.0 Å². The first-order chi connectivity index (χ1) is 12.5. The van der Waals surface area contributed by atoms with Crippen LogP contribution in [-0.4, -0.2) is 29.3 Å². The number of pyridine rings is 1. The molecule has 0 radical (unpaired) electrons. The summed E-state index contributed by atoms with van der Waals surface area (Å²) in [4.78, 5) is 23.8. The van der Waals surface area contributed by atoms with E-state index in [1.54, 1.807) is 24.5 Å². The summed E-state index contributed by atoms with van der Waals surface area (Å²) < 4.78 is 27.2. The van der Waals surface area contributed by atoms with E-state index in [9.17, 15) is 13.2 Å². The van der Waals surface area contributed by atoms with Crippen LogP contribution in [0.3, 0.4) is 0 Å². The fourth-order valence-electron chi connectivity index (χ4n) is 2.09. The predicted molar refractivity (Wildman–Crippen MR) is 94.7 cm³/mol. The number of benzene rings is 1. The first-order valence-electron chi connectivity index (χ1n) is 7.60. The molecular weight excluding hydrogens is 354 g/mol. The number of sulfonamides is 1. The summed E-state index contributed by atoms with van der Waals surface area (Å²) in [6.07, 6.45) is 7.43. The number of anilines is 1. The van der Waals surface area contributed by atoms with E-state index in [-0.39, 0.29) is 17.1 Å². The van der Waals surface area contributed by atoms with Crippen molar-refractivity contribution in [2.75, 3.05) is 5.32 Å². The zero-order chi connectivity index (χ0) is 18.4. The molecule has 3 aromatic rings. The Balaban J connectivity index is 1.65. The molecule has 2 heterocycles. The van der Waals surface area contributed by atoms with E-state index in [1.165, 1.54) is 42.9 Å². The van der Waals surface area contributed by atoms with Crippen molar-refractivity contribution >= 4 is 21.6 Å². The smallest absolute Gasteiger partial charge is 0.275 e. The zero-order valence-corrected chi connectivity index (χ0v) is 14.3. The molecule has 2 N–H and O–H groups in total. The molecule has 26 heavy (non-hydrogen) atoms. The molecule has 9 heteroatoms. The quantitative estimate of drug-likeness (QED) is 0.682. The molecule has 0 aliphatic carbocycles. The van der Waals surface area contributed by atoms with Crippen LogP contribution in [0, 0.1) is 0 Å². The number of carbonyl (C=O) groups excluding carboxylic acids is 1. The number of carbonyl (C=O) groups is 1. The molecule has 0 saturated heterocycles. The average Bonchev–Trinajstić information content (AvgIpc) is 2.68. The Bertz CT molecular complexity index is 978. The van der Waals surface area contributed by atoms with Gasteiger partial charge in [-0.1, -0.05) is 6.07 Å². The van der Waals surface area contributed by atoms with Crippen LogP contribution in [0.25, 0.3) is 0 Å². The summed E-state index contributed by atoms with van der Waals surface area (Å²) in [5, 5.41) is 2.63. The molecule has 0 unspecified atom stereocenters. The topological polar surface area (TPSA) is 114 Å². The minimum absolute atomic E-state index is 0.0962. The predicted octanol–water partition coefficient (Wildman–Crippen LogP) is 1.60. The van der Waals surface area contributed by atoms with Gasteiger partial charge in [-0.2, -0.15) is 0 Å². The summed E-state index contributed by atoms with van der Waals surface area (Å²) in [7, 11) is -3.67. The Morgan fingerprint density at radius 3 is 2.38 bits per heavy atom. The number of rotatable bonds is 6. The maximum absolute atomic E-state index is 12.3. The van der Waals surface area contributed by atoms with Gasteiger partial charge in [-0.15, -0.1) is 0 Å². The van der Waals surface area contributed by atoms with Gasteiger partial charge in [-0.3, -0.25) is 14.8 Å². The van der Waals surface area contributed by atoms with Gasteiger partial charge in [0.2, 0.25) is 10.0 Å². The molecule has 0 bridgehead atoms. The average molecular weight is 369 g/mol. The highest BCUT2D eigenvalue weighted by Crippen LogP contribution is 2.15. The molecule has 0 atom stereocenters. The second-order valence-corrected chi connectivity index (χ2v) is 7.02. The number of amides is 1. The molecule has 1 aromatic carbocycles. The van der Waals surface area contributed by atoms with Gasteiger partial charge in [0.25, 0.3) is 5.91 Å². The van der Waals surface area contributed by atoms with E-state index in [2.05, 4.69) is 25.0 Å². The van der Waals surface area contributed by atoms with Crippen LogP contribution in [0.2, 0.25) is 0 Å². The molecule has 0 fully saturated rings. The van der Waals surface area contributed by atoms with Gasteiger partial charge in [-0.05, 0) is 35.9 Å². The number of nitrogens with zero attached hydrogens (tertiary/aromatic N) is 3. The lowest BCUT2D eigenvalue weighted by Gasteiger charge is -2.08. The van der Waals surface area contributed by atoms with Crippen molar-refractivity contribution in [2.45, 2.75) is 11.4 Å². The van der Waals surface area contributed by atoms with Crippen molar-refractivity contribution in [1.29, 1.82) is 0 Å². The molecule has 3 rings (SSSR count).